The number of imidazole rings is 1. The lowest BCUT2D eigenvalue weighted by Crippen LogP contribution is -2.36. The normalized spacial score (nSPS) is 18.1. The number of aliphatic imine (C=N–C) groups is 1. The number of benzene rings is 1. The topological polar surface area (TPSA) is 59.7 Å². The molecule has 142 valence electrons. The number of aryl methyl sites for hydroxylation is 1. The number of rotatable bonds is 3. The lowest BCUT2D eigenvalue weighted by molar-refractivity contribution is -0.113. The second-order valence-corrected chi connectivity index (χ2v) is 6.54. The molecule has 0 saturated carbocycles. The first-order chi connectivity index (χ1) is 12.9. The number of morpholine rings is 1. The van der Waals surface area contributed by atoms with E-state index in [1.165, 1.54) is 17.7 Å². The average Bonchev–Trinajstić information content (AvgIpc) is 2.95. The van der Waals surface area contributed by atoms with Crippen molar-refractivity contribution >= 4 is 22.5 Å². The monoisotopic (exact) mass is 378 g/mol. The summed E-state index contributed by atoms with van der Waals surface area (Å²) < 4.78 is 47.8. The second kappa shape index (κ2) is 6.80. The van der Waals surface area contributed by atoms with E-state index >= 15 is 0 Å². The Kier molecular flexibility index (Phi) is 4.47. The van der Waals surface area contributed by atoms with Gasteiger partial charge in [-0.1, -0.05) is 0 Å². The van der Waals surface area contributed by atoms with Crippen molar-refractivity contribution in [3.63, 3.8) is 0 Å². The Morgan fingerprint density at radius 2 is 1.93 bits per heavy atom. The highest BCUT2D eigenvalue weighted by Gasteiger charge is 2.23. The van der Waals surface area contributed by atoms with Gasteiger partial charge in [0.1, 0.15) is 17.2 Å². The Bertz CT molecular complexity index is 990. The van der Waals surface area contributed by atoms with Crippen molar-refractivity contribution < 1.29 is 22.7 Å². The fourth-order valence-electron chi connectivity index (χ4n) is 3.35. The van der Waals surface area contributed by atoms with Crippen molar-refractivity contribution in [1.29, 1.82) is 0 Å². The number of aromatic nitrogens is 2. The molecule has 0 atom stereocenters. The van der Waals surface area contributed by atoms with Gasteiger partial charge in [0.2, 0.25) is 0 Å². The quantitative estimate of drug-likeness (QED) is 0.768. The van der Waals surface area contributed by atoms with Gasteiger partial charge in [0.05, 0.1) is 18.7 Å². The summed E-state index contributed by atoms with van der Waals surface area (Å²) in [5.74, 6) is -3.22. The van der Waals surface area contributed by atoms with Gasteiger partial charge in [0.15, 0.2) is 23.2 Å². The van der Waals surface area contributed by atoms with E-state index in [1.807, 2.05) is 4.90 Å². The molecule has 0 bridgehead atoms. The number of fused-ring (bicyclic) bond motifs is 1. The minimum atomic E-state index is -1.53. The first kappa shape index (κ1) is 17.7. The minimum absolute atomic E-state index is 0.0237. The third-order valence-electron chi connectivity index (χ3n) is 4.73. The Morgan fingerprint density at radius 3 is 2.67 bits per heavy atom. The molecule has 1 saturated heterocycles. The molecule has 0 unspecified atom stereocenters. The van der Waals surface area contributed by atoms with E-state index < -0.39 is 17.5 Å². The number of nitrogens with zero attached hydrogens (tertiary/aromatic N) is 4. The SMILES string of the molecule is Cn1c(CC2=NC(N3CCOCC3)=CC(=O)C2)nc2cc(F)c(F)c(F)c21. The Balaban J connectivity index is 1.66. The van der Waals surface area contributed by atoms with Gasteiger partial charge in [0, 0.05) is 50.8 Å². The van der Waals surface area contributed by atoms with E-state index in [0.717, 1.165) is 6.07 Å². The molecule has 0 radical (unpaired) electrons. The maximum atomic E-state index is 14.1. The average molecular weight is 378 g/mol. The highest BCUT2D eigenvalue weighted by atomic mass is 19.2. The zero-order valence-electron chi connectivity index (χ0n) is 14.6. The van der Waals surface area contributed by atoms with Crippen LogP contribution in [0.5, 0.6) is 0 Å². The van der Waals surface area contributed by atoms with Crippen molar-refractivity contribution in [1.82, 2.24) is 14.5 Å². The summed E-state index contributed by atoms with van der Waals surface area (Å²) in [6, 6.07) is 0.865. The van der Waals surface area contributed by atoms with Crippen LogP contribution in [0.15, 0.2) is 23.0 Å². The van der Waals surface area contributed by atoms with Crippen LogP contribution in [-0.2, 0) is 23.0 Å². The van der Waals surface area contributed by atoms with Crippen LogP contribution in [0.25, 0.3) is 11.0 Å². The number of carbonyl (C=O) groups is 1. The standard InChI is InChI=1S/C18H17F3N4O2/c1-24-14(23-13-9-12(19)16(20)17(21)18(13)24)7-10-6-11(26)8-15(22-10)25-2-4-27-5-3-25/h8-9H,2-7H2,1H3. The fraction of sp³-hybridized carbons (Fsp3) is 0.389. The summed E-state index contributed by atoms with van der Waals surface area (Å²) in [6.07, 6.45) is 1.82. The smallest absolute Gasteiger partial charge is 0.196 e. The van der Waals surface area contributed by atoms with Gasteiger partial charge >= 0.3 is 0 Å². The molecule has 0 amide bonds. The number of halogens is 3. The summed E-state index contributed by atoms with van der Waals surface area (Å²) in [6.45, 7) is 2.42. The molecule has 2 aliphatic heterocycles. The third-order valence-corrected chi connectivity index (χ3v) is 4.73. The van der Waals surface area contributed by atoms with Crippen LogP contribution < -0.4 is 0 Å². The first-order valence-corrected chi connectivity index (χ1v) is 8.56. The van der Waals surface area contributed by atoms with Gasteiger partial charge in [-0.3, -0.25) is 4.79 Å². The van der Waals surface area contributed by atoms with Crippen molar-refractivity contribution in [3.05, 3.63) is 41.2 Å². The Labute approximate surface area is 152 Å². The van der Waals surface area contributed by atoms with Gasteiger partial charge in [-0.05, 0) is 0 Å². The van der Waals surface area contributed by atoms with Crippen LogP contribution in [0.2, 0.25) is 0 Å². The van der Waals surface area contributed by atoms with Crippen LogP contribution in [-0.4, -0.2) is 52.2 Å². The highest BCUT2D eigenvalue weighted by Crippen LogP contribution is 2.24. The number of hydrogen-bond acceptors (Lipinski definition) is 5. The van der Waals surface area contributed by atoms with Gasteiger partial charge in [-0.2, -0.15) is 0 Å². The lowest BCUT2D eigenvalue weighted by Gasteiger charge is -2.30. The molecule has 0 aliphatic carbocycles. The molecule has 0 spiro atoms. The van der Waals surface area contributed by atoms with Crippen LogP contribution in [0.4, 0.5) is 13.2 Å². The molecule has 3 heterocycles. The van der Waals surface area contributed by atoms with E-state index in [9.17, 15) is 18.0 Å². The van der Waals surface area contributed by atoms with Crippen molar-refractivity contribution in [2.24, 2.45) is 12.0 Å². The molecule has 2 aliphatic rings. The number of ether oxygens (including phenoxy) is 1. The van der Waals surface area contributed by atoms with Crippen LogP contribution in [0, 0.1) is 17.5 Å². The molecular weight excluding hydrogens is 361 g/mol. The van der Waals surface area contributed by atoms with E-state index in [1.54, 1.807) is 0 Å². The zero-order valence-corrected chi connectivity index (χ0v) is 14.6. The molecule has 0 N–H and O–H groups in total. The molecule has 9 heteroatoms. The maximum Gasteiger partial charge on any atom is 0.196 e. The fourth-order valence-corrected chi connectivity index (χ4v) is 3.35. The second-order valence-electron chi connectivity index (χ2n) is 6.54. The summed E-state index contributed by atoms with van der Waals surface area (Å²) in [7, 11) is 1.52. The predicted molar refractivity (Wildman–Crippen MR) is 91.8 cm³/mol. The van der Waals surface area contributed by atoms with E-state index in [0.29, 0.717) is 43.7 Å². The third kappa shape index (κ3) is 3.23. The van der Waals surface area contributed by atoms with E-state index in [-0.39, 0.29) is 29.7 Å². The highest BCUT2D eigenvalue weighted by molar-refractivity contribution is 6.09. The summed E-state index contributed by atoms with van der Waals surface area (Å²) in [5, 5.41) is 0. The number of hydrogen-bond donors (Lipinski definition) is 0. The van der Waals surface area contributed by atoms with E-state index in [4.69, 9.17) is 4.74 Å². The molecule has 6 nitrogen and oxygen atoms in total. The van der Waals surface area contributed by atoms with Gasteiger partial charge < -0.3 is 14.2 Å². The number of ketones is 1. The van der Waals surface area contributed by atoms with Gasteiger partial charge in [-0.25, -0.2) is 23.1 Å². The molecular formula is C18H17F3N4O2. The maximum absolute atomic E-state index is 14.1. The Hall–Kier alpha value is -2.68. The van der Waals surface area contributed by atoms with Crippen LogP contribution in [0.3, 0.4) is 0 Å². The summed E-state index contributed by atoms with van der Waals surface area (Å²) >= 11 is 0. The molecule has 27 heavy (non-hydrogen) atoms. The Morgan fingerprint density at radius 1 is 1.19 bits per heavy atom. The molecule has 1 aromatic heterocycles. The first-order valence-electron chi connectivity index (χ1n) is 8.56. The van der Waals surface area contributed by atoms with Gasteiger partial charge in [-0.15, -0.1) is 0 Å². The molecule has 1 aromatic carbocycles. The van der Waals surface area contributed by atoms with Crippen molar-refractivity contribution in [2.75, 3.05) is 26.3 Å². The zero-order chi connectivity index (χ0) is 19.1. The van der Waals surface area contributed by atoms with Crippen molar-refractivity contribution in [2.45, 2.75) is 12.8 Å². The largest absolute Gasteiger partial charge is 0.378 e. The summed E-state index contributed by atoms with van der Waals surface area (Å²) in [4.78, 5) is 22.8. The van der Waals surface area contributed by atoms with Crippen LogP contribution in [0.1, 0.15) is 12.2 Å². The number of carbonyl (C=O) groups excluding carboxylic acids is 1. The predicted octanol–water partition coefficient (Wildman–Crippen LogP) is 2.12. The van der Waals surface area contributed by atoms with Crippen LogP contribution >= 0.6 is 0 Å². The molecule has 4 rings (SSSR count). The summed E-state index contributed by atoms with van der Waals surface area (Å²) in [5.41, 5.74) is 0.481. The molecule has 1 fully saturated rings. The molecule has 2 aromatic rings. The number of allylic oxidation sites excluding steroid dienone is 1. The minimum Gasteiger partial charge on any atom is -0.378 e. The van der Waals surface area contributed by atoms with E-state index in [2.05, 4.69) is 9.98 Å². The van der Waals surface area contributed by atoms with Crippen molar-refractivity contribution in [3.8, 4) is 0 Å². The lowest BCUT2D eigenvalue weighted by atomic mass is 10.1. The van der Waals surface area contributed by atoms with Gasteiger partial charge in [0.25, 0.3) is 0 Å².